The van der Waals surface area contributed by atoms with Gasteiger partial charge in [0.05, 0.1) is 6.54 Å². The lowest BCUT2D eigenvalue weighted by molar-refractivity contribution is 0.331. The van der Waals surface area contributed by atoms with Crippen molar-refractivity contribution in [1.82, 2.24) is 15.5 Å². The van der Waals surface area contributed by atoms with Crippen molar-refractivity contribution in [3.05, 3.63) is 65.7 Å². The smallest absolute Gasteiger partial charge is 0.191 e. The van der Waals surface area contributed by atoms with Crippen molar-refractivity contribution in [3.8, 4) is 0 Å². The summed E-state index contributed by atoms with van der Waals surface area (Å²) in [4.78, 5) is 9.86. The molecule has 31 heavy (non-hydrogen) atoms. The third kappa shape index (κ3) is 6.47. The largest absolute Gasteiger partial charge is 0.371 e. The molecule has 0 aliphatic carbocycles. The van der Waals surface area contributed by atoms with E-state index < -0.39 is 0 Å². The molecule has 0 radical (unpaired) electrons. The lowest BCUT2D eigenvalue weighted by Crippen LogP contribution is -2.40. The quantitative estimate of drug-likeness (QED) is 0.504. The zero-order valence-corrected chi connectivity index (χ0v) is 18.9. The van der Waals surface area contributed by atoms with Gasteiger partial charge in [-0.3, -0.25) is 4.90 Å². The zero-order valence-electron chi connectivity index (χ0n) is 18.9. The van der Waals surface area contributed by atoms with E-state index in [2.05, 4.69) is 82.0 Å². The molecule has 2 fully saturated rings. The summed E-state index contributed by atoms with van der Waals surface area (Å²) >= 11 is 0. The van der Waals surface area contributed by atoms with Crippen LogP contribution in [0.3, 0.4) is 0 Å². The van der Waals surface area contributed by atoms with Crippen LogP contribution in [0, 0.1) is 5.92 Å². The Balaban J connectivity index is 1.25. The van der Waals surface area contributed by atoms with Crippen molar-refractivity contribution in [1.29, 1.82) is 0 Å². The third-order valence-electron chi connectivity index (χ3n) is 6.36. The minimum absolute atomic E-state index is 0.647. The van der Waals surface area contributed by atoms with E-state index in [1.54, 1.807) is 0 Å². The Bertz CT molecular complexity index is 811. The first kappa shape index (κ1) is 21.7. The summed E-state index contributed by atoms with van der Waals surface area (Å²) < 4.78 is 0. The van der Waals surface area contributed by atoms with Gasteiger partial charge in [0.2, 0.25) is 0 Å². The van der Waals surface area contributed by atoms with E-state index in [0.29, 0.717) is 12.5 Å². The van der Waals surface area contributed by atoms with Crippen molar-refractivity contribution in [2.45, 2.75) is 39.3 Å². The van der Waals surface area contributed by atoms with Crippen LogP contribution < -0.4 is 15.5 Å². The van der Waals surface area contributed by atoms with Crippen LogP contribution in [0.1, 0.15) is 37.3 Å². The fraction of sp³-hybridized carbons (Fsp3) is 0.500. The molecule has 2 saturated heterocycles. The fourth-order valence-corrected chi connectivity index (χ4v) is 4.57. The molecular formula is C26H37N5. The summed E-state index contributed by atoms with van der Waals surface area (Å²) in [5.74, 6) is 1.57. The van der Waals surface area contributed by atoms with Gasteiger partial charge in [-0.05, 0) is 68.5 Å². The number of anilines is 1. The molecule has 1 atom stereocenters. The molecule has 2 N–H and O–H groups in total. The highest BCUT2D eigenvalue weighted by molar-refractivity contribution is 5.79. The summed E-state index contributed by atoms with van der Waals surface area (Å²) in [5, 5.41) is 6.97. The van der Waals surface area contributed by atoms with Crippen molar-refractivity contribution >= 4 is 11.6 Å². The zero-order chi connectivity index (χ0) is 21.3. The van der Waals surface area contributed by atoms with Crippen molar-refractivity contribution < 1.29 is 0 Å². The van der Waals surface area contributed by atoms with Gasteiger partial charge >= 0.3 is 0 Å². The average molecular weight is 420 g/mol. The summed E-state index contributed by atoms with van der Waals surface area (Å²) in [7, 11) is 0. The molecule has 0 amide bonds. The molecule has 5 nitrogen and oxygen atoms in total. The normalized spacial score (nSPS) is 19.7. The maximum absolute atomic E-state index is 4.83. The second kappa shape index (κ2) is 11.2. The molecule has 2 aromatic rings. The predicted molar refractivity (Wildman–Crippen MR) is 131 cm³/mol. The average Bonchev–Trinajstić information content (AvgIpc) is 3.50. The Morgan fingerprint density at radius 1 is 0.935 bits per heavy atom. The van der Waals surface area contributed by atoms with Gasteiger partial charge in [-0.15, -0.1) is 0 Å². The summed E-state index contributed by atoms with van der Waals surface area (Å²) in [6.45, 7) is 10.5. The molecule has 0 bridgehead atoms. The molecule has 2 aliphatic heterocycles. The van der Waals surface area contributed by atoms with Crippen LogP contribution >= 0.6 is 0 Å². The van der Waals surface area contributed by atoms with Gasteiger partial charge in [0.25, 0.3) is 0 Å². The highest BCUT2D eigenvalue weighted by Crippen LogP contribution is 2.23. The maximum atomic E-state index is 4.83. The van der Waals surface area contributed by atoms with Gasteiger partial charge in [-0.25, -0.2) is 4.99 Å². The first-order valence-corrected chi connectivity index (χ1v) is 11.9. The number of guanidine groups is 1. The van der Waals surface area contributed by atoms with Crippen molar-refractivity contribution in [2.75, 3.05) is 44.2 Å². The topological polar surface area (TPSA) is 42.9 Å². The standard InChI is InChI=1S/C26H37N5/c1-2-27-26(29-19-24-14-17-31(21-24)25-8-4-3-5-9-25)28-18-22-10-12-23(13-11-22)20-30-15-6-7-16-30/h3-5,8-13,24H,2,6-7,14-21H2,1H3,(H2,27,28,29). The van der Waals surface area contributed by atoms with E-state index in [1.807, 2.05) is 0 Å². The fourth-order valence-electron chi connectivity index (χ4n) is 4.57. The third-order valence-corrected chi connectivity index (χ3v) is 6.36. The Morgan fingerprint density at radius 2 is 1.68 bits per heavy atom. The van der Waals surface area contributed by atoms with Gasteiger partial charge in [-0.1, -0.05) is 42.5 Å². The van der Waals surface area contributed by atoms with Gasteiger partial charge in [-0.2, -0.15) is 0 Å². The van der Waals surface area contributed by atoms with E-state index in [1.165, 1.54) is 49.2 Å². The number of rotatable bonds is 8. The van der Waals surface area contributed by atoms with Gasteiger partial charge in [0, 0.05) is 38.4 Å². The molecule has 2 heterocycles. The minimum atomic E-state index is 0.647. The van der Waals surface area contributed by atoms with Crippen LogP contribution in [-0.4, -0.2) is 50.1 Å². The van der Waals surface area contributed by atoms with Crippen molar-refractivity contribution in [2.24, 2.45) is 10.9 Å². The molecule has 0 aromatic heterocycles. The number of aliphatic imine (C=N–C) groups is 1. The molecule has 0 spiro atoms. The Morgan fingerprint density at radius 3 is 2.42 bits per heavy atom. The number of nitrogens with one attached hydrogen (secondary N) is 2. The van der Waals surface area contributed by atoms with E-state index >= 15 is 0 Å². The number of benzene rings is 2. The van der Waals surface area contributed by atoms with Gasteiger partial charge in [0.1, 0.15) is 0 Å². The molecule has 4 rings (SSSR count). The summed E-state index contributed by atoms with van der Waals surface area (Å²) in [5.41, 5.74) is 4.00. The van der Waals surface area contributed by atoms with E-state index in [9.17, 15) is 0 Å². The number of para-hydroxylation sites is 1. The first-order chi connectivity index (χ1) is 15.3. The molecule has 1 unspecified atom stereocenters. The van der Waals surface area contributed by atoms with E-state index in [0.717, 1.165) is 38.7 Å². The summed E-state index contributed by atoms with van der Waals surface area (Å²) in [6.07, 6.45) is 3.91. The van der Waals surface area contributed by atoms with Crippen molar-refractivity contribution in [3.63, 3.8) is 0 Å². The molecule has 0 saturated carbocycles. The van der Waals surface area contributed by atoms with Crippen LogP contribution in [-0.2, 0) is 13.1 Å². The Labute approximate surface area is 187 Å². The molecular weight excluding hydrogens is 382 g/mol. The molecule has 166 valence electrons. The van der Waals surface area contributed by atoms with Crippen LogP contribution in [0.5, 0.6) is 0 Å². The van der Waals surface area contributed by atoms with E-state index in [4.69, 9.17) is 4.99 Å². The first-order valence-electron chi connectivity index (χ1n) is 11.9. The highest BCUT2D eigenvalue weighted by Gasteiger charge is 2.22. The van der Waals surface area contributed by atoms with Crippen LogP contribution in [0.25, 0.3) is 0 Å². The highest BCUT2D eigenvalue weighted by atomic mass is 15.2. The molecule has 2 aliphatic rings. The second-order valence-electron chi connectivity index (χ2n) is 8.81. The summed E-state index contributed by atoms with van der Waals surface area (Å²) in [6, 6.07) is 19.7. The SMILES string of the molecule is CCNC(=NCc1ccc(CN2CCCC2)cc1)NCC1CCN(c2ccccc2)C1. The maximum Gasteiger partial charge on any atom is 0.191 e. The van der Waals surface area contributed by atoms with Crippen LogP contribution in [0.2, 0.25) is 0 Å². The number of nitrogens with zero attached hydrogens (tertiary/aromatic N) is 3. The van der Waals surface area contributed by atoms with Gasteiger partial charge < -0.3 is 15.5 Å². The number of hydrogen-bond donors (Lipinski definition) is 2. The minimum Gasteiger partial charge on any atom is -0.371 e. The monoisotopic (exact) mass is 419 g/mol. The predicted octanol–water partition coefficient (Wildman–Crippen LogP) is 3.86. The molecule has 2 aromatic carbocycles. The second-order valence-corrected chi connectivity index (χ2v) is 8.81. The molecule has 5 heteroatoms. The Kier molecular flexibility index (Phi) is 7.83. The Hall–Kier alpha value is -2.53. The van der Waals surface area contributed by atoms with Crippen LogP contribution in [0.15, 0.2) is 59.6 Å². The van der Waals surface area contributed by atoms with Gasteiger partial charge in [0.15, 0.2) is 5.96 Å². The van der Waals surface area contributed by atoms with Crippen LogP contribution in [0.4, 0.5) is 5.69 Å². The lowest BCUT2D eigenvalue weighted by Gasteiger charge is -2.19. The number of likely N-dealkylation sites (tertiary alicyclic amines) is 1. The number of hydrogen-bond acceptors (Lipinski definition) is 3. The lowest BCUT2D eigenvalue weighted by atomic mass is 10.1. The van der Waals surface area contributed by atoms with E-state index in [-0.39, 0.29) is 0 Å².